The SMILES string of the molecule is O=C(NC1(CBr)CCCCC1)c1ccc(Br)o1. The fraction of sp³-hybridized carbons (Fsp3) is 0.583. The Balaban J connectivity index is 2.05. The zero-order valence-corrected chi connectivity index (χ0v) is 12.6. The highest BCUT2D eigenvalue weighted by Gasteiger charge is 2.33. The minimum Gasteiger partial charge on any atom is -0.444 e. The second-order valence-electron chi connectivity index (χ2n) is 4.53. The Bertz CT molecular complexity index is 397. The van der Waals surface area contributed by atoms with Crippen LogP contribution in [0, 0.1) is 0 Å². The van der Waals surface area contributed by atoms with E-state index in [9.17, 15) is 4.79 Å². The van der Waals surface area contributed by atoms with Crippen LogP contribution in [0.4, 0.5) is 0 Å². The molecule has 5 heteroatoms. The summed E-state index contributed by atoms with van der Waals surface area (Å²) in [5, 5.41) is 3.91. The second kappa shape index (κ2) is 5.57. The maximum Gasteiger partial charge on any atom is 0.287 e. The van der Waals surface area contributed by atoms with Gasteiger partial charge in [0, 0.05) is 5.33 Å². The number of carbonyl (C=O) groups excluding carboxylic acids is 1. The Morgan fingerprint density at radius 1 is 1.35 bits per heavy atom. The third kappa shape index (κ3) is 3.13. The van der Waals surface area contributed by atoms with Gasteiger partial charge in [-0.1, -0.05) is 35.2 Å². The molecule has 1 aliphatic rings. The highest BCUT2D eigenvalue weighted by Crippen LogP contribution is 2.30. The van der Waals surface area contributed by atoms with E-state index in [1.54, 1.807) is 12.1 Å². The number of amides is 1. The molecule has 0 spiro atoms. The summed E-state index contributed by atoms with van der Waals surface area (Å²) in [6.45, 7) is 0. The van der Waals surface area contributed by atoms with Crippen molar-refractivity contribution in [1.82, 2.24) is 5.32 Å². The summed E-state index contributed by atoms with van der Waals surface area (Å²) in [5.74, 6) is 0.236. The van der Waals surface area contributed by atoms with Gasteiger partial charge in [0.05, 0.1) is 5.54 Å². The molecule has 0 unspecified atom stereocenters. The van der Waals surface area contributed by atoms with E-state index < -0.39 is 0 Å². The third-order valence-electron chi connectivity index (χ3n) is 3.24. The van der Waals surface area contributed by atoms with Crippen LogP contribution in [0.1, 0.15) is 42.7 Å². The average Bonchev–Trinajstić information content (AvgIpc) is 2.77. The first-order valence-electron chi connectivity index (χ1n) is 5.79. The largest absolute Gasteiger partial charge is 0.444 e. The minimum atomic E-state index is -0.128. The van der Waals surface area contributed by atoms with Gasteiger partial charge < -0.3 is 9.73 Å². The van der Waals surface area contributed by atoms with Crippen LogP contribution in [0.15, 0.2) is 21.2 Å². The van der Waals surface area contributed by atoms with Crippen molar-refractivity contribution < 1.29 is 9.21 Å². The molecule has 0 aromatic carbocycles. The van der Waals surface area contributed by atoms with E-state index in [1.807, 2.05) is 0 Å². The van der Waals surface area contributed by atoms with Crippen LogP contribution < -0.4 is 5.32 Å². The molecule has 0 bridgehead atoms. The molecular formula is C12H15Br2NO2. The second-order valence-corrected chi connectivity index (χ2v) is 5.87. The van der Waals surface area contributed by atoms with Crippen LogP contribution in [0.2, 0.25) is 0 Å². The Morgan fingerprint density at radius 2 is 2.06 bits per heavy atom. The fourth-order valence-electron chi connectivity index (χ4n) is 2.26. The van der Waals surface area contributed by atoms with Gasteiger partial charge in [0.1, 0.15) is 0 Å². The van der Waals surface area contributed by atoms with Crippen LogP contribution >= 0.6 is 31.9 Å². The number of alkyl halides is 1. The van der Waals surface area contributed by atoms with Gasteiger partial charge in [-0.2, -0.15) is 0 Å². The molecule has 0 aliphatic heterocycles. The molecule has 1 N–H and O–H groups in total. The molecule has 1 aliphatic carbocycles. The number of hydrogen-bond acceptors (Lipinski definition) is 2. The molecule has 1 aromatic heterocycles. The quantitative estimate of drug-likeness (QED) is 0.827. The van der Waals surface area contributed by atoms with Crippen molar-refractivity contribution in [2.75, 3.05) is 5.33 Å². The zero-order valence-electron chi connectivity index (χ0n) is 9.47. The highest BCUT2D eigenvalue weighted by molar-refractivity contribution is 9.10. The molecule has 94 valence electrons. The highest BCUT2D eigenvalue weighted by atomic mass is 79.9. The monoisotopic (exact) mass is 363 g/mol. The van der Waals surface area contributed by atoms with E-state index >= 15 is 0 Å². The summed E-state index contributed by atoms with van der Waals surface area (Å²) in [5.41, 5.74) is -0.103. The van der Waals surface area contributed by atoms with Gasteiger partial charge in [-0.15, -0.1) is 0 Å². The van der Waals surface area contributed by atoms with E-state index in [1.165, 1.54) is 19.3 Å². The van der Waals surface area contributed by atoms with E-state index in [4.69, 9.17) is 4.42 Å². The van der Waals surface area contributed by atoms with E-state index in [-0.39, 0.29) is 11.4 Å². The lowest BCUT2D eigenvalue weighted by Crippen LogP contribution is -2.51. The molecule has 1 saturated carbocycles. The predicted octanol–water partition coefficient (Wildman–Crippen LogP) is 3.87. The summed E-state index contributed by atoms with van der Waals surface area (Å²) in [7, 11) is 0. The van der Waals surface area contributed by atoms with Crippen molar-refractivity contribution in [1.29, 1.82) is 0 Å². The number of carbonyl (C=O) groups is 1. The first-order valence-corrected chi connectivity index (χ1v) is 7.70. The Labute approximate surface area is 118 Å². The predicted molar refractivity (Wildman–Crippen MR) is 73.5 cm³/mol. The van der Waals surface area contributed by atoms with E-state index in [0.29, 0.717) is 10.4 Å². The van der Waals surface area contributed by atoms with Crippen LogP contribution in [-0.2, 0) is 0 Å². The lowest BCUT2D eigenvalue weighted by Gasteiger charge is -2.36. The Hall–Kier alpha value is -0.290. The van der Waals surface area contributed by atoms with E-state index in [2.05, 4.69) is 37.2 Å². The number of furan rings is 1. The number of halogens is 2. The van der Waals surface area contributed by atoms with Crippen LogP contribution in [-0.4, -0.2) is 16.8 Å². The van der Waals surface area contributed by atoms with Gasteiger partial charge in [0.15, 0.2) is 10.4 Å². The van der Waals surface area contributed by atoms with Gasteiger partial charge in [-0.05, 0) is 40.9 Å². The summed E-state index contributed by atoms with van der Waals surface area (Å²) < 4.78 is 5.85. The van der Waals surface area contributed by atoms with Gasteiger partial charge in [0.25, 0.3) is 5.91 Å². The van der Waals surface area contributed by atoms with Crippen LogP contribution in [0.5, 0.6) is 0 Å². The average molecular weight is 365 g/mol. The molecule has 3 nitrogen and oxygen atoms in total. The summed E-state index contributed by atoms with van der Waals surface area (Å²) in [6, 6.07) is 3.42. The standard InChI is InChI=1S/C12H15Br2NO2/c13-8-12(6-2-1-3-7-12)15-11(16)9-4-5-10(14)17-9/h4-5H,1-3,6-8H2,(H,15,16). The molecule has 17 heavy (non-hydrogen) atoms. The van der Waals surface area contributed by atoms with Crippen molar-refractivity contribution in [2.24, 2.45) is 0 Å². The van der Waals surface area contributed by atoms with Gasteiger partial charge >= 0.3 is 0 Å². The molecule has 2 rings (SSSR count). The third-order valence-corrected chi connectivity index (χ3v) is 4.74. The van der Waals surface area contributed by atoms with Crippen molar-refractivity contribution in [2.45, 2.75) is 37.6 Å². The maximum atomic E-state index is 12.0. The number of nitrogens with one attached hydrogen (secondary N) is 1. The normalized spacial score (nSPS) is 18.9. The van der Waals surface area contributed by atoms with E-state index in [0.717, 1.165) is 18.2 Å². The molecule has 0 saturated heterocycles. The van der Waals surface area contributed by atoms with Crippen molar-refractivity contribution in [3.05, 3.63) is 22.6 Å². The van der Waals surface area contributed by atoms with Gasteiger partial charge in [-0.3, -0.25) is 4.79 Å². The number of rotatable bonds is 3. The molecule has 1 aromatic rings. The lowest BCUT2D eigenvalue weighted by atomic mass is 9.83. The van der Waals surface area contributed by atoms with Crippen LogP contribution in [0.3, 0.4) is 0 Å². The molecule has 0 atom stereocenters. The lowest BCUT2D eigenvalue weighted by molar-refractivity contribution is 0.0856. The summed E-state index contributed by atoms with van der Waals surface area (Å²) in [6.07, 6.45) is 5.68. The molecule has 1 fully saturated rings. The minimum absolute atomic E-state index is 0.103. The first-order chi connectivity index (χ1) is 8.15. The molecule has 1 heterocycles. The van der Waals surface area contributed by atoms with Crippen LogP contribution in [0.25, 0.3) is 0 Å². The van der Waals surface area contributed by atoms with Crippen molar-refractivity contribution in [3.63, 3.8) is 0 Å². The fourth-order valence-corrected chi connectivity index (χ4v) is 3.27. The Kier molecular flexibility index (Phi) is 4.31. The topological polar surface area (TPSA) is 42.2 Å². The summed E-state index contributed by atoms with van der Waals surface area (Å²) in [4.78, 5) is 12.0. The zero-order chi connectivity index (χ0) is 12.3. The van der Waals surface area contributed by atoms with Crippen molar-refractivity contribution in [3.8, 4) is 0 Å². The van der Waals surface area contributed by atoms with Gasteiger partial charge in [-0.25, -0.2) is 0 Å². The number of hydrogen-bond donors (Lipinski definition) is 1. The first kappa shape index (κ1) is 13.1. The smallest absolute Gasteiger partial charge is 0.287 e. The molecule has 1 amide bonds. The van der Waals surface area contributed by atoms with Crippen molar-refractivity contribution >= 4 is 37.8 Å². The molecule has 0 radical (unpaired) electrons. The van der Waals surface area contributed by atoms with Gasteiger partial charge in [0.2, 0.25) is 0 Å². The molecular weight excluding hydrogens is 350 g/mol. The Morgan fingerprint density at radius 3 is 2.59 bits per heavy atom. The maximum absolute atomic E-state index is 12.0. The summed E-state index contributed by atoms with van der Waals surface area (Å²) >= 11 is 6.72.